The summed E-state index contributed by atoms with van der Waals surface area (Å²) in [6, 6.07) is 0. The first kappa shape index (κ1) is 9.00. The molecule has 1 rings (SSSR count). The maximum absolute atomic E-state index is 11.0. The molecular weight excluding hydrogens is 172 g/mol. The molecule has 0 amide bonds. The van der Waals surface area contributed by atoms with Crippen molar-refractivity contribution in [3.8, 4) is 11.8 Å². The molecule has 0 bridgehead atoms. The predicted octanol–water partition coefficient (Wildman–Crippen LogP) is -0.253. The number of ether oxygens (including phenoxy) is 1. The third-order valence-corrected chi connectivity index (χ3v) is 1.29. The number of methoxy groups -OCH3 is 1. The topological polar surface area (TPSA) is 72.1 Å². The highest BCUT2D eigenvalue weighted by Crippen LogP contribution is 2.03. The van der Waals surface area contributed by atoms with Crippen LogP contribution in [0, 0.1) is 11.8 Å². The second-order valence-corrected chi connectivity index (χ2v) is 2.04. The van der Waals surface area contributed by atoms with Gasteiger partial charge in [0.15, 0.2) is 12.0 Å². The van der Waals surface area contributed by atoms with Gasteiger partial charge in [0.25, 0.3) is 0 Å². The number of H-pyrrole nitrogens is 1. The lowest BCUT2D eigenvalue weighted by molar-refractivity contribution is -0.103. The summed E-state index contributed by atoms with van der Waals surface area (Å²) in [5.74, 6) is 4.05. The second-order valence-electron chi connectivity index (χ2n) is 2.04. The van der Waals surface area contributed by atoms with Crippen LogP contribution in [0.25, 0.3) is 0 Å². The molecule has 1 heterocycles. The zero-order valence-corrected chi connectivity index (χ0v) is 6.83. The van der Waals surface area contributed by atoms with Crippen molar-refractivity contribution in [3.63, 3.8) is 0 Å². The van der Waals surface area contributed by atoms with Crippen LogP contribution >= 0.6 is 0 Å². The number of carbonyl (C=O) groups is 2. The summed E-state index contributed by atoms with van der Waals surface area (Å²) in [5.41, 5.74) is 0.496. The number of aromatic amines is 1. The summed E-state index contributed by atoms with van der Waals surface area (Å²) in [6.45, 7) is 0. The minimum Gasteiger partial charge on any atom is -0.464 e. The van der Waals surface area contributed by atoms with E-state index in [2.05, 4.69) is 26.8 Å². The molecule has 0 radical (unpaired) electrons. The van der Waals surface area contributed by atoms with E-state index in [4.69, 9.17) is 0 Å². The number of rotatable bonds is 1. The van der Waals surface area contributed by atoms with Gasteiger partial charge in [0.2, 0.25) is 0 Å². The SMILES string of the molecule is COC(=O)c1[nH]ncc1C#CC=O. The molecule has 0 saturated heterocycles. The lowest BCUT2D eigenvalue weighted by Crippen LogP contribution is -2.03. The zero-order chi connectivity index (χ0) is 9.68. The van der Waals surface area contributed by atoms with Crippen LogP contribution in [0.3, 0.4) is 0 Å². The molecule has 0 aliphatic carbocycles. The Morgan fingerprint density at radius 2 is 2.54 bits per heavy atom. The summed E-state index contributed by atoms with van der Waals surface area (Å²) >= 11 is 0. The van der Waals surface area contributed by atoms with E-state index in [1.807, 2.05) is 0 Å². The molecule has 1 aromatic heterocycles. The number of nitrogens with zero attached hydrogens (tertiary/aromatic N) is 1. The van der Waals surface area contributed by atoms with Gasteiger partial charge in [0.05, 0.1) is 18.9 Å². The molecule has 0 spiro atoms. The van der Waals surface area contributed by atoms with E-state index < -0.39 is 5.97 Å². The van der Waals surface area contributed by atoms with Crippen molar-refractivity contribution < 1.29 is 14.3 Å². The lowest BCUT2D eigenvalue weighted by Gasteiger charge is -1.93. The number of aldehydes is 1. The van der Waals surface area contributed by atoms with Crippen LogP contribution < -0.4 is 0 Å². The van der Waals surface area contributed by atoms with E-state index in [1.165, 1.54) is 13.3 Å². The van der Waals surface area contributed by atoms with Crippen molar-refractivity contribution in [2.75, 3.05) is 7.11 Å². The molecule has 13 heavy (non-hydrogen) atoms. The van der Waals surface area contributed by atoms with Crippen LogP contribution in [0.5, 0.6) is 0 Å². The molecule has 0 atom stereocenters. The zero-order valence-electron chi connectivity index (χ0n) is 6.83. The van der Waals surface area contributed by atoms with Crippen molar-refractivity contribution in [2.45, 2.75) is 0 Å². The van der Waals surface area contributed by atoms with Gasteiger partial charge < -0.3 is 4.74 Å². The van der Waals surface area contributed by atoms with Gasteiger partial charge in [-0.25, -0.2) is 4.79 Å². The summed E-state index contributed by atoms with van der Waals surface area (Å²) in [6.07, 6.45) is 1.79. The molecule has 0 aromatic carbocycles. The maximum Gasteiger partial charge on any atom is 0.357 e. The molecule has 0 aliphatic heterocycles. The first-order valence-electron chi connectivity index (χ1n) is 3.36. The lowest BCUT2D eigenvalue weighted by atomic mass is 10.2. The van der Waals surface area contributed by atoms with E-state index in [9.17, 15) is 9.59 Å². The third-order valence-electron chi connectivity index (χ3n) is 1.29. The summed E-state index contributed by atoms with van der Waals surface area (Å²) in [5, 5.41) is 6.02. The Morgan fingerprint density at radius 3 is 3.15 bits per heavy atom. The van der Waals surface area contributed by atoms with Gasteiger partial charge in [-0.15, -0.1) is 0 Å². The van der Waals surface area contributed by atoms with Gasteiger partial charge in [0.1, 0.15) is 0 Å². The first-order valence-corrected chi connectivity index (χ1v) is 3.36. The molecule has 0 saturated carbocycles. The quantitative estimate of drug-likeness (QED) is 0.365. The molecule has 1 N–H and O–H groups in total. The van der Waals surface area contributed by atoms with Gasteiger partial charge >= 0.3 is 5.97 Å². The van der Waals surface area contributed by atoms with Gasteiger partial charge in [-0.2, -0.15) is 5.10 Å². The highest BCUT2D eigenvalue weighted by Gasteiger charge is 2.11. The molecule has 66 valence electrons. The Kier molecular flexibility index (Phi) is 2.82. The Hall–Kier alpha value is -2.09. The van der Waals surface area contributed by atoms with Crippen molar-refractivity contribution in [1.82, 2.24) is 10.2 Å². The summed E-state index contributed by atoms with van der Waals surface area (Å²) < 4.78 is 4.45. The van der Waals surface area contributed by atoms with E-state index in [1.54, 1.807) is 0 Å². The molecule has 0 unspecified atom stereocenters. The van der Waals surface area contributed by atoms with Crippen molar-refractivity contribution >= 4 is 12.3 Å². The Morgan fingerprint density at radius 1 is 1.77 bits per heavy atom. The minimum atomic E-state index is -0.562. The number of hydrogen-bond donors (Lipinski definition) is 1. The van der Waals surface area contributed by atoms with Crippen molar-refractivity contribution in [1.29, 1.82) is 0 Å². The molecule has 1 aromatic rings. The molecule has 0 fully saturated rings. The van der Waals surface area contributed by atoms with Gasteiger partial charge in [-0.1, -0.05) is 5.92 Å². The standard InChI is InChI=1S/C8H6N2O3/c1-13-8(12)7-6(3-2-4-11)5-9-10-7/h4-5H,1H3,(H,9,10). The average Bonchev–Trinajstić information content (AvgIpc) is 2.61. The fourth-order valence-electron chi connectivity index (χ4n) is 0.746. The number of hydrogen-bond acceptors (Lipinski definition) is 4. The number of aromatic nitrogens is 2. The highest BCUT2D eigenvalue weighted by molar-refractivity contribution is 5.90. The number of carbonyl (C=O) groups excluding carboxylic acids is 2. The fourth-order valence-corrected chi connectivity index (χ4v) is 0.746. The normalized spacial score (nSPS) is 8.38. The van der Waals surface area contributed by atoms with Crippen LogP contribution in [0.4, 0.5) is 0 Å². The monoisotopic (exact) mass is 178 g/mol. The van der Waals surface area contributed by atoms with Crippen molar-refractivity contribution in [2.24, 2.45) is 0 Å². The summed E-state index contributed by atoms with van der Waals surface area (Å²) in [7, 11) is 1.25. The first-order chi connectivity index (χ1) is 6.29. The van der Waals surface area contributed by atoms with Gasteiger partial charge in [0, 0.05) is 0 Å². The van der Waals surface area contributed by atoms with Crippen LogP contribution in [-0.2, 0) is 9.53 Å². The maximum atomic E-state index is 11.0. The second kappa shape index (κ2) is 4.07. The Labute approximate surface area is 74.1 Å². The smallest absolute Gasteiger partial charge is 0.357 e. The van der Waals surface area contributed by atoms with Crippen LogP contribution in [0.1, 0.15) is 16.1 Å². The van der Waals surface area contributed by atoms with Crippen LogP contribution in [0.15, 0.2) is 6.20 Å². The Balaban J connectivity index is 3.02. The van der Waals surface area contributed by atoms with Gasteiger partial charge in [-0.3, -0.25) is 9.89 Å². The third kappa shape index (κ3) is 1.93. The van der Waals surface area contributed by atoms with Crippen LogP contribution in [0.2, 0.25) is 0 Å². The largest absolute Gasteiger partial charge is 0.464 e. The van der Waals surface area contributed by atoms with E-state index in [0.29, 0.717) is 11.8 Å². The molecule has 5 heteroatoms. The molecule has 0 aliphatic rings. The summed E-state index contributed by atoms with van der Waals surface area (Å²) in [4.78, 5) is 20.9. The fraction of sp³-hybridized carbons (Fsp3) is 0.125. The van der Waals surface area contributed by atoms with E-state index >= 15 is 0 Å². The van der Waals surface area contributed by atoms with Crippen molar-refractivity contribution in [3.05, 3.63) is 17.5 Å². The van der Waals surface area contributed by atoms with E-state index in [-0.39, 0.29) is 5.69 Å². The Bertz CT molecular complexity index is 384. The van der Waals surface area contributed by atoms with Gasteiger partial charge in [-0.05, 0) is 5.92 Å². The predicted molar refractivity (Wildman–Crippen MR) is 42.9 cm³/mol. The molecular formula is C8H6N2O3. The molecule has 5 nitrogen and oxygen atoms in total. The minimum absolute atomic E-state index is 0.150. The van der Waals surface area contributed by atoms with E-state index in [0.717, 1.165) is 0 Å². The average molecular weight is 178 g/mol. The highest BCUT2D eigenvalue weighted by atomic mass is 16.5. The number of nitrogens with one attached hydrogen (secondary N) is 1. The number of esters is 1. The van der Waals surface area contributed by atoms with Crippen LogP contribution in [-0.4, -0.2) is 29.6 Å².